The number of hydrogen-bond acceptors (Lipinski definition) is 5. The van der Waals surface area contributed by atoms with Crippen LogP contribution in [0.1, 0.15) is 34.6 Å². The van der Waals surface area contributed by atoms with Gasteiger partial charge in [0.2, 0.25) is 5.91 Å². The third kappa shape index (κ3) is 4.69. The Labute approximate surface area is 205 Å². The van der Waals surface area contributed by atoms with Crippen molar-refractivity contribution in [1.29, 1.82) is 0 Å². The number of amides is 2. The van der Waals surface area contributed by atoms with Crippen LogP contribution in [0, 0.1) is 0 Å². The Morgan fingerprint density at radius 1 is 1.12 bits per heavy atom. The van der Waals surface area contributed by atoms with E-state index in [0.29, 0.717) is 28.9 Å². The Balaban J connectivity index is 1.76. The van der Waals surface area contributed by atoms with E-state index >= 15 is 0 Å². The number of hydrogen-bond donors (Lipinski definition) is 3. The molecule has 4 N–H and O–H groups in total. The summed E-state index contributed by atoms with van der Waals surface area (Å²) in [4.78, 5) is 29.6. The van der Waals surface area contributed by atoms with Crippen LogP contribution in [-0.2, 0) is 6.54 Å². The van der Waals surface area contributed by atoms with Gasteiger partial charge in [0, 0.05) is 34.0 Å². The number of hydrazone groups is 1. The molecule has 1 aromatic heterocycles. The minimum absolute atomic E-state index is 0.314. The predicted octanol–water partition coefficient (Wildman–Crippen LogP) is 5.25. The summed E-state index contributed by atoms with van der Waals surface area (Å²) in [6.07, 6.45) is 1.68. The second-order valence-electron chi connectivity index (χ2n) is 7.48. The number of anilines is 2. The lowest BCUT2D eigenvalue weighted by molar-refractivity contribution is 0.0996. The maximum atomic E-state index is 13.3. The minimum Gasteiger partial charge on any atom is -0.366 e. The smallest absolute Gasteiger partial charge is 0.257 e. The van der Waals surface area contributed by atoms with Crippen molar-refractivity contribution in [2.45, 2.75) is 20.4 Å². The van der Waals surface area contributed by atoms with Crippen molar-refractivity contribution in [3.8, 4) is 11.4 Å². The lowest BCUT2D eigenvalue weighted by Crippen LogP contribution is -2.15. The molecule has 0 aliphatic heterocycles. The molecule has 172 valence electrons. The molecule has 0 radical (unpaired) electrons. The molecule has 0 saturated heterocycles. The molecule has 9 heteroatoms. The highest BCUT2D eigenvalue weighted by atomic mass is 79.9. The molecule has 2 amide bonds. The van der Waals surface area contributed by atoms with Crippen molar-refractivity contribution in [2.24, 2.45) is 10.8 Å². The van der Waals surface area contributed by atoms with E-state index in [0.717, 1.165) is 27.1 Å². The molecule has 8 nitrogen and oxygen atoms in total. The molecule has 3 aromatic carbocycles. The fraction of sp³-hybridized carbons (Fsp3) is 0.120. The fourth-order valence-electron chi connectivity index (χ4n) is 3.72. The van der Waals surface area contributed by atoms with E-state index in [4.69, 9.17) is 10.7 Å². The quantitative estimate of drug-likeness (QED) is 0.228. The van der Waals surface area contributed by atoms with Gasteiger partial charge in [-0.25, -0.2) is 4.98 Å². The lowest BCUT2D eigenvalue weighted by atomic mass is 10.1. The Hall–Kier alpha value is -3.98. The number of carbonyl (C=O) groups is 2. The Morgan fingerprint density at radius 3 is 2.56 bits per heavy atom. The molecule has 0 fully saturated rings. The van der Waals surface area contributed by atoms with Crippen molar-refractivity contribution in [3.05, 3.63) is 76.3 Å². The Kier molecular flexibility index (Phi) is 6.74. The molecule has 4 aromatic rings. The number of halogens is 1. The highest BCUT2D eigenvalue weighted by Gasteiger charge is 2.20. The Bertz CT molecular complexity index is 1410. The molecule has 0 bridgehead atoms. The summed E-state index contributed by atoms with van der Waals surface area (Å²) in [5.74, 6) is -0.116. The molecule has 0 saturated carbocycles. The van der Waals surface area contributed by atoms with Crippen molar-refractivity contribution in [1.82, 2.24) is 9.55 Å². The summed E-state index contributed by atoms with van der Waals surface area (Å²) in [7, 11) is 0. The monoisotopic (exact) mass is 518 g/mol. The summed E-state index contributed by atoms with van der Waals surface area (Å²) >= 11 is 3.50. The molecule has 4 rings (SSSR count). The van der Waals surface area contributed by atoms with Gasteiger partial charge in [0.1, 0.15) is 5.82 Å². The third-order valence-corrected chi connectivity index (χ3v) is 5.70. The van der Waals surface area contributed by atoms with Crippen LogP contribution in [0.5, 0.6) is 0 Å². The van der Waals surface area contributed by atoms with Gasteiger partial charge in [-0.2, -0.15) is 5.10 Å². The van der Waals surface area contributed by atoms with Crippen LogP contribution in [0.15, 0.2) is 70.2 Å². The number of imidazole rings is 1. The zero-order valence-corrected chi connectivity index (χ0v) is 20.3. The number of aromatic nitrogens is 2. The van der Waals surface area contributed by atoms with E-state index in [9.17, 15) is 9.59 Å². The second kappa shape index (κ2) is 9.88. The first-order valence-corrected chi connectivity index (χ1v) is 11.5. The van der Waals surface area contributed by atoms with Gasteiger partial charge in [0.05, 0.1) is 22.3 Å². The van der Waals surface area contributed by atoms with E-state index < -0.39 is 5.91 Å². The van der Waals surface area contributed by atoms with Crippen LogP contribution < -0.4 is 16.5 Å². The number of nitrogens with zero attached hydrogens (tertiary/aromatic N) is 3. The standard InChI is InChI=1S/C25H23BrN6O2/c1-3-28-31-18-10-8-15(9-11-18)24-30-21-14-17(26)13-20(22(21)32(24)4-2)25(34)29-19-7-5-6-16(12-19)23(27)33/h3,5-14,31H,4H2,1-2H3,(H2,27,33)(H,29,34)/b28-3-. The van der Waals surface area contributed by atoms with Crippen LogP contribution in [0.3, 0.4) is 0 Å². The van der Waals surface area contributed by atoms with Crippen LogP contribution in [0.4, 0.5) is 11.4 Å². The molecule has 0 unspecified atom stereocenters. The Morgan fingerprint density at radius 2 is 1.88 bits per heavy atom. The highest BCUT2D eigenvalue weighted by Crippen LogP contribution is 2.31. The number of nitrogens with one attached hydrogen (secondary N) is 2. The fourth-order valence-corrected chi connectivity index (χ4v) is 4.16. The number of primary amides is 1. The average molecular weight is 519 g/mol. The van der Waals surface area contributed by atoms with Crippen LogP contribution in [0.25, 0.3) is 22.4 Å². The summed E-state index contributed by atoms with van der Waals surface area (Å²) < 4.78 is 2.75. The maximum Gasteiger partial charge on any atom is 0.257 e. The molecule has 0 spiro atoms. The van der Waals surface area contributed by atoms with Crippen molar-refractivity contribution >= 4 is 56.4 Å². The van der Waals surface area contributed by atoms with E-state index in [-0.39, 0.29) is 5.91 Å². The van der Waals surface area contributed by atoms with Gasteiger partial charge in [0.25, 0.3) is 5.91 Å². The summed E-state index contributed by atoms with van der Waals surface area (Å²) in [6.45, 7) is 4.47. The molecular weight excluding hydrogens is 496 g/mol. The highest BCUT2D eigenvalue weighted by molar-refractivity contribution is 9.10. The number of carbonyl (C=O) groups excluding carboxylic acids is 2. The second-order valence-corrected chi connectivity index (χ2v) is 8.39. The van der Waals surface area contributed by atoms with Crippen LogP contribution in [0.2, 0.25) is 0 Å². The summed E-state index contributed by atoms with van der Waals surface area (Å²) in [5.41, 5.74) is 12.8. The van der Waals surface area contributed by atoms with Gasteiger partial charge in [-0.1, -0.05) is 22.0 Å². The maximum absolute atomic E-state index is 13.3. The molecule has 34 heavy (non-hydrogen) atoms. The van der Waals surface area contributed by atoms with E-state index in [1.165, 1.54) is 0 Å². The largest absolute Gasteiger partial charge is 0.366 e. The van der Waals surface area contributed by atoms with Crippen molar-refractivity contribution in [2.75, 3.05) is 10.7 Å². The number of aryl methyl sites for hydroxylation is 1. The van der Waals surface area contributed by atoms with Crippen molar-refractivity contribution in [3.63, 3.8) is 0 Å². The SMILES string of the molecule is C/C=N\Nc1ccc(-c2nc3cc(Br)cc(C(=O)Nc4cccc(C(N)=O)c4)c3n2CC)cc1. The average Bonchev–Trinajstić information content (AvgIpc) is 3.20. The molecule has 0 aliphatic rings. The van der Waals surface area contributed by atoms with Crippen LogP contribution >= 0.6 is 15.9 Å². The van der Waals surface area contributed by atoms with Crippen LogP contribution in [-0.4, -0.2) is 27.6 Å². The summed E-state index contributed by atoms with van der Waals surface area (Å²) in [5, 5.41) is 6.90. The third-order valence-electron chi connectivity index (χ3n) is 5.24. The predicted molar refractivity (Wildman–Crippen MR) is 139 cm³/mol. The molecule has 1 heterocycles. The topological polar surface area (TPSA) is 114 Å². The minimum atomic E-state index is -0.558. The number of rotatable bonds is 7. The normalized spacial score (nSPS) is 11.1. The van der Waals surface area contributed by atoms with E-state index in [1.54, 1.807) is 36.5 Å². The molecule has 0 aliphatic carbocycles. The molecular formula is C25H23BrN6O2. The first kappa shape index (κ1) is 23.2. The number of nitrogens with two attached hydrogens (primary N) is 1. The van der Waals surface area contributed by atoms with Gasteiger partial charge in [-0.3, -0.25) is 15.0 Å². The first-order valence-electron chi connectivity index (χ1n) is 10.7. The van der Waals surface area contributed by atoms with Gasteiger partial charge >= 0.3 is 0 Å². The van der Waals surface area contributed by atoms with Gasteiger partial charge in [-0.15, -0.1) is 0 Å². The number of benzene rings is 3. The van der Waals surface area contributed by atoms with Gasteiger partial charge < -0.3 is 15.6 Å². The summed E-state index contributed by atoms with van der Waals surface area (Å²) in [6, 6.07) is 18.0. The van der Waals surface area contributed by atoms with Gasteiger partial charge in [0.15, 0.2) is 0 Å². The lowest BCUT2D eigenvalue weighted by Gasteiger charge is -2.11. The zero-order chi connectivity index (χ0) is 24.2. The van der Waals surface area contributed by atoms with Crippen molar-refractivity contribution < 1.29 is 9.59 Å². The van der Waals surface area contributed by atoms with E-state index in [2.05, 4.69) is 31.8 Å². The van der Waals surface area contributed by atoms with E-state index in [1.807, 2.05) is 48.7 Å². The first-order chi connectivity index (χ1) is 16.4. The molecule has 0 atom stereocenters. The zero-order valence-electron chi connectivity index (χ0n) is 18.7. The number of fused-ring (bicyclic) bond motifs is 1. The van der Waals surface area contributed by atoms with Gasteiger partial charge in [-0.05, 0) is 68.4 Å².